The molecule has 7 heterocycles. The van der Waals surface area contributed by atoms with Crippen LogP contribution in [0.1, 0.15) is 91.5 Å². The lowest BCUT2D eigenvalue weighted by Gasteiger charge is -2.02. The molecule has 0 saturated heterocycles. The lowest BCUT2D eigenvalue weighted by molar-refractivity contribution is -0.426. The first-order valence-electron chi connectivity index (χ1n) is 30.0. The third-order valence-electron chi connectivity index (χ3n) is 13.2. The van der Waals surface area contributed by atoms with Crippen LogP contribution < -0.4 is 5.73 Å². The summed E-state index contributed by atoms with van der Waals surface area (Å²) in [4.78, 5) is 106. The molecule has 7 aromatic rings. The summed E-state index contributed by atoms with van der Waals surface area (Å²) in [5.74, 6) is -1.62. The van der Waals surface area contributed by atoms with Crippen molar-refractivity contribution in [3.8, 4) is 30.3 Å². The van der Waals surface area contributed by atoms with Crippen LogP contribution in [0.25, 0.3) is 18.2 Å². The van der Waals surface area contributed by atoms with Gasteiger partial charge in [0.1, 0.15) is 40.9 Å². The van der Waals surface area contributed by atoms with Crippen LogP contribution in [0.3, 0.4) is 0 Å². The Morgan fingerprint density at radius 2 is 0.877 bits per heavy atom. The zero-order chi connectivity index (χ0) is 79.1. The number of primary amides is 1. The Bertz CT molecular complexity index is 4420. The van der Waals surface area contributed by atoms with Crippen LogP contribution in [0, 0.1) is 127 Å². The van der Waals surface area contributed by atoms with Crippen molar-refractivity contribution in [2.24, 2.45) is 15.7 Å². The molecule has 0 saturated carbocycles. The van der Waals surface area contributed by atoms with E-state index in [0.29, 0.717) is 91.0 Å². The Hall–Kier alpha value is -13.5. The third-order valence-corrected chi connectivity index (χ3v) is 14.5. The average Bonchev–Trinajstić information content (AvgIpc) is 1.74. The number of nitriles is 5. The van der Waals surface area contributed by atoms with Gasteiger partial charge < -0.3 is 104 Å². The van der Waals surface area contributed by atoms with Gasteiger partial charge >= 0.3 is 40.7 Å². The van der Waals surface area contributed by atoms with E-state index < -0.39 is 47.0 Å². The summed E-state index contributed by atoms with van der Waals surface area (Å²) in [6.45, 7) is 6.16. The van der Waals surface area contributed by atoms with Crippen LogP contribution in [-0.4, -0.2) is 106 Å². The molecule has 44 heteroatoms. The van der Waals surface area contributed by atoms with Gasteiger partial charge in [-0.2, -0.15) is 26.3 Å². The number of nitro groups is 7. The molecule has 2 aliphatic heterocycles. The molecule has 552 valence electrons. The van der Waals surface area contributed by atoms with Gasteiger partial charge in [-0.1, -0.05) is 121 Å². The number of aliphatic hydroxyl groups is 1. The Balaban J connectivity index is 0.000000420. The smallest absolute Gasteiger partial charge is 0.389 e. The number of carbonyl (C=O) groups is 1. The summed E-state index contributed by atoms with van der Waals surface area (Å²) in [7, 11) is 0. The molecule has 106 heavy (non-hydrogen) atoms. The number of rotatable bonds is 26. The van der Waals surface area contributed by atoms with Crippen molar-refractivity contribution < 1.29 is 44.4 Å². The Morgan fingerprint density at radius 1 is 0.528 bits per heavy atom. The molecule has 0 fully saturated rings. The number of amides is 1. The minimum Gasteiger partial charge on any atom is -0.390 e. The number of nitrogens with two attached hydrogens (primary N) is 1. The van der Waals surface area contributed by atoms with E-state index in [0.717, 1.165) is 16.7 Å². The number of allylic oxidation sites excluding steroid dienone is 4. The number of aliphatic imine (C=N–C) groups is 2. The second-order valence-corrected chi connectivity index (χ2v) is 21.4. The van der Waals surface area contributed by atoms with E-state index in [1.165, 1.54) is 51.4 Å². The summed E-state index contributed by atoms with van der Waals surface area (Å²) in [5, 5.41) is 124. The van der Waals surface area contributed by atoms with E-state index in [4.69, 9.17) is 48.8 Å². The largest absolute Gasteiger partial charge is 0.390 e. The molecule has 2 aromatic carbocycles. The maximum absolute atomic E-state index is 11.0. The van der Waals surface area contributed by atoms with Gasteiger partial charge in [-0.3, -0.25) is 4.79 Å². The van der Waals surface area contributed by atoms with Crippen molar-refractivity contribution in [3.05, 3.63) is 244 Å². The number of carbonyl (C=O) groups excluding carboxylic acids is 1. The molecular formula is C62H62Br2ClN25O16. The van der Waals surface area contributed by atoms with Gasteiger partial charge in [-0.15, -0.1) is 11.6 Å². The third kappa shape index (κ3) is 30.0. The normalized spacial score (nSPS) is 11.1. The molecule has 0 aliphatic carbocycles. The van der Waals surface area contributed by atoms with Crippen LogP contribution in [0.4, 0.5) is 29.1 Å². The fraction of sp³-hybridized carbons (Fsp3) is 0.274. The molecule has 5 aromatic heterocycles. The zero-order valence-electron chi connectivity index (χ0n) is 55.7. The van der Waals surface area contributed by atoms with Crippen molar-refractivity contribution in [1.82, 2.24) is 47.8 Å². The van der Waals surface area contributed by atoms with Gasteiger partial charge in [0.15, 0.2) is 0 Å². The molecule has 9 rings (SSSR count). The van der Waals surface area contributed by atoms with Crippen LogP contribution in [0.15, 0.2) is 144 Å². The Morgan fingerprint density at radius 3 is 1.23 bits per heavy atom. The van der Waals surface area contributed by atoms with Gasteiger partial charge in [0.2, 0.25) is 37.5 Å². The predicted octanol–water partition coefficient (Wildman–Crippen LogP) is 11.0. The highest BCUT2D eigenvalue weighted by Crippen LogP contribution is 2.24. The summed E-state index contributed by atoms with van der Waals surface area (Å²) in [6, 6.07) is 28.7. The van der Waals surface area contributed by atoms with E-state index >= 15 is 0 Å². The second kappa shape index (κ2) is 49.1. The lowest BCUT2D eigenvalue weighted by atomic mass is 10.1. The standard InChI is InChI=1S/C14H12N4O2.C12H10N2O2.C7H9BrN4O3.C7H7BrN4O2.C7H7ClN4O2.C7H8N4O3.C5H6N2O2.C3H3N/c15-9-4-10-17-11-16-14(18(19)20)13(17)8-7-12-5-2-1-3-6-12;15-14(16)12-11(8-9-13-12)7-6-10-4-2-1-3-5-10;8-3-5-7(12(14)15)10-4-11(5)2-1-6(9)13;2*8-4-6-7(12(13)14)10-5-11(6)3-1-2-9;8-2-1-3-10-5-9-7(11(13)14)6(10)4-12;1-4-2-3-6-5(4)7(8)9;1-2-3-4/h1-3,5-8,11H,4,10H2;1-7,9H,8H2;4H,1-3H2,(H2,9,13);2*5H,1,3-4H2;5,12H,1,3-4H2;3H,2H2,1H3;2H,1H2/b8-7+;7-6+;;;;;;. The van der Waals surface area contributed by atoms with Crippen LogP contribution >= 0.6 is 43.5 Å². The molecule has 2 aliphatic rings. The first-order chi connectivity index (χ1) is 50.8. The summed E-state index contributed by atoms with van der Waals surface area (Å²) in [5.41, 5.74) is 10.1. The van der Waals surface area contributed by atoms with Crippen molar-refractivity contribution in [3.63, 3.8) is 0 Å². The minimum atomic E-state index is -0.658. The molecule has 0 unspecified atom stereocenters. The van der Waals surface area contributed by atoms with E-state index in [1.54, 1.807) is 52.8 Å². The minimum absolute atomic E-state index is 0.00926. The number of imidazole rings is 5. The van der Waals surface area contributed by atoms with Crippen LogP contribution in [-0.2, 0) is 60.7 Å². The van der Waals surface area contributed by atoms with Crippen molar-refractivity contribution in [2.45, 2.75) is 108 Å². The summed E-state index contributed by atoms with van der Waals surface area (Å²) < 4.78 is 7.68. The quantitative estimate of drug-likeness (QED) is 0.0220. The number of hydrogen-bond acceptors (Lipinski definition) is 28. The second-order valence-electron chi connectivity index (χ2n) is 20.0. The summed E-state index contributed by atoms with van der Waals surface area (Å²) >= 11 is 11.8. The highest BCUT2D eigenvalue weighted by atomic mass is 79.9. The van der Waals surface area contributed by atoms with E-state index in [-0.39, 0.29) is 78.0 Å². The number of benzene rings is 2. The number of aliphatic hydroxyl groups excluding tert-OH is 1. The first-order valence-corrected chi connectivity index (χ1v) is 32.8. The van der Waals surface area contributed by atoms with E-state index in [9.17, 15) is 75.6 Å². The lowest BCUT2D eigenvalue weighted by Crippen LogP contribution is -2.14. The Labute approximate surface area is 622 Å². The number of aromatic nitrogens is 10. The monoisotopic (exact) mass is 1610 g/mol. The molecule has 0 atom stereocenters. The predicted molar refractivity (Wildman–Crippen MR) is 386 cm³/mol. The highest BCUT2D eigenvalue weighted by molar-refractivity contribution is 9.08. The van der Waals surface area contributed by atoms with Crippen molar-refractivity contribution >= 4 is 109 Å². The SMILES string of the molecule is C=CC#N.CC1=C([N+](=O)[O-])N=CC1.N#CCCn1cnc([N+](=O)[O-])c1/C=C/c1ccccc1.N#CCCn1cnc([N+](=O)[O-])c1CBr.N#CCCn1cnc([N+](=O)[O-])c1CCl.N#CCCn1cnc([N+](=O)[O-])c1CO.NC(=O)CCn1cnc([N+](=O)[O-])c1CBr.O=[N+]([O-])C1=C(/C=C/c2ccccc2)CC=N1. The number of aryl methyl sites for hydroxylation is 5. The molecule has 3 N–H and O–H groups in total. The van der Waals surface area contributed by atoms with Gasteiger partial charge in [-0.05, 0) is 89.6 Å². The van der Waals surface area contributed by atoms with Gasteiger partial charge in [0, 0.05) is 63.6 Å². The molecular weight excluding hydrogens is 1550 g/mol. The van der Waals surface area contributed by atoms with Gasteiger partial charge in [0.05, 0.1) is 84.7 Å². The van der Waals surface area contributed by atoms with Crippen LogP contribution in [0.2, 0.25) is 0 Å². The summed E-state index contributed by atoms with van der Waals surface area (Å²) in [6.07, 6.45) is 20.4. The van der Waals surface area contributed by atoms with Crippen molar-refractivity contribution in [1.29, 1.82) is 26.3 Å². The number of nitrogens with zero attached hydrogens (tertiary/aromatic N) is 24. The fourth-order valence-electron chi connectivity index (χ4n) is 8.21. The topological polar surface area (TPSA) is 598 Å². The average molecular weight is 1610 g/mol. The first kappa shape index (κ1) is 88.5. The maximum atomic E-state index is 11.0. The number of hydrogen-bond donors (Lipinski definition) is 2. The zero-order valence-corrected chi connectivity index (χ0v) is 59.7. The van der Waals surface area contributed by atoms with E-state index in [1.807, 2.05) is 91.0 Å². The number of alkyl halides is 3. The highest BCUT2D eigenvalue weighted by Gasteiger charge is 2.25. The van der Waals surface area contributed by atoms with Gasteiger partial charge in [0.25, 0.3) is 0 Å². The van der Waals surface area contributed by atoms with Crippen molar-refractivity contribution in [2.75, 3.05) is 0 Å². The molecule has 1 amide bonds. The van der Waals surface area contributed by atoms with Gasteiger partial charge in [-0.25, -0.2) is 0 Å². The molecule has 0 bridgehead atoms. The molecule has 41 nitrogen and oxygen atoms in total. The fourth-order valence-corrected chi connectivity index (χ4v) is 9.63. The van der Waals surface area contributed by atoms with Crippen LogP contribution in [0.5, 0.6) is 0 Å². The molecule has 0 radical (unpaired) electrons. The maximum Gasteiger partial charge on any atom is 0.389 e. The number of halogens is 3. The Kier molecular flexibility index (Phi) is 41.0. The van der Waals surface area contributed by atoms with E-state index in [2.05, 4.69) is 73.3 Å². The molecule has 0 spiro atoms.